The van der Waals surface area contributed by atoms with Crippen LogP contribution in [0.1, 0.15) is 43.1 Å². The number of benzene rings is 3. The van der Waals surface area contributed by atoms with Crippen molar-refractivity contribution in [2.45, 2.75) is 6.42 Å². The Bertz CT molecular complexity index is 1250. The summed E-state index contributed by atoms with van der Waals surface area (Å²) < 4.78 is 0. The van der Waals surface area contributed by atoms with E-state index in [-0.39, 0.29) is 35.4 Å². The Labute approximate surface area is 205 Å². The summed E-state index contributed by atoms with van der Waals surface area (Å²) in [5.41, 5.74) is 1.59. The number of hydrogen-bond donors (Lipinski definition) is 2. The SMILES string of the molecule is O=C(O)CCNC(=O)c1ccc(C(=O)/C(=C\C(=O)c2ccc(Cl)cc2)c2ccc(Cl)cc2)cc1. The minimum absolute atomic E-state index is 0.00882. The van der Waals surface area contributed by atoms with Gasteiger partial charge in [0.05, 0.1) is 6.42 Å². The molecule has 0 aliphatic rings. The van der Waals surface area contributed by atoms with Crippen LogP contribution in [-0.2, 0) is 4.79 Å². The third kappa shape index (κ3) is 6.63. The molecule has 172 valence electrons. The standard InChI is InChI=1S/C26H19Cl2NO5/c27-20-9-5-16(6-10-20)22(15-23(30)17-7-11-21(28)12-8-17)25(33)18-1-3-19(4-2-18)26(34)29-14-13-24(31)32/h1-12,15H,13-14H2,(H,29,34)(H,31,32)/b22-15-. The first-order valence-electron chi connectivity index (χ1n) is 10.2. The summed E-state index contributed by atoms with van der Waals surface area (Å²) in [5, 5.41) is 12.1. The molecule has 3 aromatic carbocycles. The van der Waals surface area contributed by atoms with E-state index in [1.54, 1.807) is 48.5 Å². The first-order chi connectivity index (χ1) is 16.2. The van der Waals surface area contributed by atoms with Gasteiger partial charge < -0.3 is 10.4 Å². The number of carbonyl (C=O) groups excluding carboxylic acids is 3. The number of aliphatic carboxylic acids is 1. The molecule has 3 aromatic rings. The van der Waals surface area contributed by atoms with Gasteiger partial charge in [-0.25, -0.2) is 0 Å². The lowest BCUT2D eigenvalue weighted by molar-refractivity contribution is -0.136. The van der Waals surface area contributed by atoms with E-state index in [4.69, 9.17) is 28.3 Å². The maximum atomic E-state index is 13.3. The minimum Gasteiger partial charge on any atom is -0.481 e. The Morgan fingerprint density at radius 1 is 0.706 bits per heavy atom. The van der Waals surface area contributed by atoms with Crippen molar-refractivity contribution in [3.63, 3.8) is 0 Å². The normalized spacial score (nSPS) is 11.1. The summed E-state index contributed by atoms with van der Waals surface area (Å²) in [4.78, 5) is 48.9. The molecule has 0 spiro atoms. The van der Waals surface area contributed by atoms with Crippen molar-refractivity contribution in [2.24, 2.45) is 0 Å². The molecule has 8 heteroatoms. The molecule has 0 atom stereocenters. The van der Waals surface area contributed by atoms with Crippen LogP contribution < -0.4 is 5.32 Å². The quantitative estimate of drug-likeness (QED) is 0.308. The van der Waals surface area contributed by atoms with Gasteiger partial charge in [0, 0.05) is 38.9 Å². The van der Waals surface area contributed by atoms with E-state index in [1.165, 1.54) is 30.3 Å². The zero-order chi connectivity index (χ0) is 24.7. The lowest BCUT2D eigenvalue weighted by atomic mass is 9.94. The highest BCUT2D eigenvalue weighted by Crippen LogP contribution is 2.23. The van der Waals surface area contributed by atoms with Gasteiger partial charge in [-0.15, -0.1) is 0 Å². The van der Waals surface area contributed by atoms with Gasteiger partial charge >= 0.3 is 5.97 Å². The predicted octanol–water partition coefficient (Wildman–Crippen LogP) is 5.35. The zero-order valence-corrected chi connectivity index (χ0v) is 19.3. The van der Waals surface area contributed by atoms with E-state index in [2.05, 4.69) is 5.32 Å². The topological polar surface area (TPSA) is 101 Å². The number of Topliss-reactive ketones (excluding diaryl/α,β-unsaturated/α-hetero) is 1. The van der Waals surface area contributed by atoms with Crippen molar-refractivity contribution in [1.29, 1.82) is 0 Å². The van der Waals surface area contributed by atoms with E-state index < -0.39 is 17.7 Å². The Kier molecular flexibility index (Phi) is 8.35. The average Bonchev–Trinajstić information content (AvgIpc) is 2.83. The fourth-order valence-corrected chi connectivity index (χ4v) is 3.30. The average molecular weight is 496 g/mol. The summed E-state index contributed by atoms with van der Waals surface area (Å²) in [6.45, 7) is -0.00882. The van der Waals surface area contributed by atoms with Gasteiger partial charge in [0.15, 0.2) is 11.6 Å². The van der Waals surface area contributed by atoms with Crippen molar-refractivity contribution in [1.82, 2.24) is 5.32 Å². The van der Waals surface area contributed by atoms with E-state index in [9.17, 15) is 19.2 Å². The predicted molar refractivity (Wildman–Crippen MR) is 131 cm³/mol. The molecule has 0 fully saturated rings. The van der Waals surface area contributed by atoms with Gasteiger partial charge in [0.1, 0.15) is 0 Å². The number of carbonyl (C=O) groups is 4. The highest BCUT2D eigenvalue weighted by atomic mass is 35.5. The molecule has 0 radical (unpaired) electrons. The fourth-order valence-electron chi connectivity index (χ4n) is 3.05. The van der Waals surface area contributed by atoms with Crippen LogP contribution in [0.4, 0.5) is 0 Å². The molecule has 0 saturated heterocycles. The van der Waals surface area contributed by atoms with Crippen LogP contribution in [0.25, 0.3) is 5.57 Å². The molecular weight excluding hydrogens is 477 g/mol. The molecule has 0 aliphatic heterocycles. The molecule has 0 heterocycles. The maximum Gasteiger partial charge on any atom is 0.305 e. The third-order valence-electron chi connectivity index (χ3n) is 4.84. The number of halogens is 2. The number of carboxylic acid groups (broad SMARTS) is 1. The summed E-state index contributed by atoms with van der Waals surface area (Å²) in [6.07, 6.45) is 1.07. The van der Waals surface area contributed by atoms with E-state index in [0.29, 0.717) is 21.2 Å². The van der Waals surface area contributed by atoms with Gasteiger partial charge in [-0.2, -0.15) is 0 Å². The second-order valence-electron chi connectivity index (χ2n) is 7.24. The number of nitrogens with one attached hydrogen (secondary N) is 1. The highest BCUT2D eigenvalue weighted by molar-refractivity contribution is 6.34. The maximum absolute atomic E-state index is 13.3. The smallest absolute Gasteiger partial charge is 0.305 e. The largest absolute Gasteiger partial charge is 0.481 e. The van der Waals surface area contributed by atoms with Crippen LogP contribution in [0, 0.1) is 0 Å². The molecule has 0 saturated carbocycles. The molecule has 34 heavy (non-hydrogen) atoms. The van der Waals surface area contributed by atoms with Crippen molar-refractivity contribution in [2.75, 3.05) is 6.54 Å². The molecule has 0 aliphatic carbocycles. The Morgan fingerprint density at radius 3 is 1.71 bits per heavy atom. The first kappa shape index (κ1) is 24.9. The third-order valence-corrected chi connectivity index (χ3v) is 5.34. The summed E-state index contributed by atoms with van der Waals surface area (Å²) in [6, 6.07) is 18.7. The Hall–Kier alpha value is -3.74. The van der Waals surface area contributed by atoms with Crippen molar-refractivity contribution >= 4 is 52.2 Å². The number of carboxylic acids is 1. The Morgan fingerprint density at radius 2 is 1.18 bits per heavy atom. The van der Waals surface area contributed by atoms with Gasteiger partial charge in [0.2, 0.25) is 0 Å². The second kappa shape index (κ2) is 11.4. The molecule has 6 nitrogen and oxygen atoms in total. The first-order valence-corrected chi connectivity index (χ1v) is 10.9. The van der Waals surface area contributed by atoms with Gasteiger partial charge in [-0.3, -0.25) is 19.2 Å². The summed E-state index contributed by atoms with van der Waals surface area (Å²) >= 11 is 11.9. The minimum atomic E-state index is -1.02. The number of ketones is 2. The number of amides is 1. The zero-order valence-electron chi connectivity index (χ0n) is 17.8. The summed E-state index contributed by atoms with van der Waals surface area (Å²) in [5.74, 6) is -2.26. The number of hydrogen-bond acceptors (Lipinski definition) is 4. The molecule has 0 aromatic heterocycles. The lowest BCUT2D eigenvalue weighted by Gasteiger charge is -2.09. The highest BCUT2D eigenvalue weighted by Gasteiger charge is 2.18. The molecule has 2 N–H and O–H groups in total. The van der Waals surface area contributed by atoms with Crippen LogP contribution in [-0.4, -0.2) is 35.1 Å². The molecule has 0 bridgehead atoms. The van der Waals surface area contributed by atoms with Crippen LogP contribution >= 0.6 is 23.2 Å². The number of rotatable bonds is 9. The molecule has 0 unspecified atom stereocenters. The summed E-state index contributed by atoms with van der Waals surface area (Å²) in [7, 11) is 0. The number of allylic oxidation sites excluding steroid dienone is 2. The molecule has 1 amide bonds. The van der Waals surface area contributed by atoms with Crippen LogP contribution in [0.5, 0.6) is 0 Å². The van der Waals surface area contributed by atoms with Crippen LogP contribution in [0.3, 0.4) is 0 Å². The lowest BCUT2D eigenvalue weighted by Crippen LogP contribution is -2.26. The molecule has 3 rings (SSSR count). The van der Waals surface area contributed by atoms with Crippen molar-refractivity contribution in [3.8, 4) is 0 Å². The van der Waals surface area contributed by atoms with Crippen LogP contribution in [0.2, 0.25) is 10.0 Å². The van der Waals surface area contributed by atoms with E-state index >= 15 is 0 Å². The van der Waals surface area contributed by atoms with E-state index in [1.807, 2.05) is 0 Å². The van der Waals surface area contributed by atoms with E-state index in [0.717, 1.165) is 0 Å². The monoisotopic (exact) mass is 495 g/mol. The van der Waals surface area contributed by atoms with Gasteiger partial charge in [-0.1, -0.05) is 47.5 Å². The fraction of sp³-hybridized carbons (Fsp3) is 0.0769. The second-order valence-corrected chi connectivity index (χ2v) is 8.12. The molecular formula is C26H19Cl2NO5. The van der Waals surface area contributed by atoms with Crippen molar-refractivity contribution < 1.29 is 24.3 Å². The Balaban J connectivity index is 1.88. The van der Waals surface area contributed by atoms with Gasteiger partial charge in [0.25, 0.3) is 5.91 Å². The van der Waals surface area contributed by atoms with Gasteiger partial charge in [-0.05, 0) is 60.2 Å². The van der Waals surface area contributed by atoms with Crippen LogP contribution in [0.15, 0.2) is 78.9 Å². The van der Waals surface area contributed by atoms with Crippen molar-refractivity contribution in [3.05, 3.63) is 111 Å².